The van der Waals surface area contributed by atoms with E-state index in [1.807, 2.05) is 59.9 Å². The highest BCUT2D eigenvalue weighted by molar-refractivity contribution is 5.91. The van der Waals surface area contributed by atoms with Crippen molar-refractivity contribution in [2.45, 2.75) is 78.4 Å². The van der Waals surface area contributed by atoms with Crippen molar-refractivity contribution in [1.29, 1.82) is 0 Å². The van der Waals surface area contributed by atoms with Crippen molar-refractivity contribution in [3.63, 3.8) is 0 Å². The molecule has 1 fully saturated rings. The Hall–Kier alpha value is -2.67. The molecule has 0 saturated carbocycles. The molecular weight excluding hydrogens is 442 g/mol. The van der Waals surface area contributed by atoms with Gasteiger partial charge in [-0.15, -0.1) is 0 Å². The topological polar surface area (TPSA) is 90.0 Å². The zero-order chi connectivity index (χ0) is 26.5. The minimum atomic E-state index is -1.01. The van der Waals surface area contributed by atoms with Crippen LogP contribution in [-0.4, -0.2) is 71.5 Å². The molecule has 4 atom stereocenters. The van der Waals surface area contributed by atoms with E-state index in [4.69, 9.17) is 0 Å². The first kappa shape index (κ1) is 28.6. The van der Waals surface area contributed by atoms with Crippen LogP contribution in [-0.2, 0) is 14.4 Å². The molecule has 3 unspecified atom stereocenters. The van der Waals surface area contributed by atoms with Crippen LogP contribution < -0.4 is 5.32 Å². The van der Waals surface area contributed by atoms with Gasteiger partial charge in [-0.1, -0.05) is 71.0 Å². The van der Waals surface area contributed by atoms with Gasteiger partial charge in [-0.2, -0.15) is 0 Å². The Morgan fingerprint density at radius 2 is 1.77 bits per heavy atom. The van der Waals surface area contributed by atoms with Crippen molar-refractivity contribution in [2.24, 2.45) is 11.3 Å². The second kappa shape index (κ2) is 11.8. The highest BCUT2D eigenvalue weighted by Gasteiger charge is 2.40. The molecule has 1 aliphatic rings. The number of hydrogen-bond donors (Lipinski definition) is 2. The number of likely N-dealkylation sites (N-methyl/N-ethyl adjacent to an activating group) is 2. The monoisotopic (exact) mass is 485 g/mol. The Balaban J connectivity index is 2.25. The minimum Gasteiger partial charge on any atom is -0.478 e. The molecule has 1 aliphatic heterocycles. The smallest absolute Gasteiger partial charge is 0.331 e. The zero-order valence-electron chi connectivity index (χ0n) is 22.5. The number of piperidine rings is 1. The molecule has 1 heterocycles. The second-order valence-corrected chi connectivity index (χ2v) is 11.3. The van der Waals surface area contributed by atoms with Gasteiger partial charge in [-0.25, -0.2) is 4.79 Å². The Morgan fingerprint density at radius 3 is 2.29 bits per heavy atom. The zero-order valence-corrected chi connectivity index (χ0v) is 22.5. The third-order valence-corrected chi connectivity index (χ3v) is 7.08. The normalized spacial score (nSPS) is 21.3. The fourth-order valence-electron chi connectivity index (χ4n) is 4.73. The average molecular weight is 486 g/mol. The lowest BCUT2D eigenvalue weighted by molar-refractivity contribution is -0.141. The number of amides is 2. The maximum absolute atomic E-state index is 13.7. The van der Waals surface area contributed by atoms with Crippen molar-refractivity contribution in [1.82, 2.24) is 15.1 Å². The molecule has 0 bridgehead atoms. The number of likely N-dealkylation sites (tertiary alicyclic amines) is 1. The van der Waals surface area contributed by atoms with Gasteiger partial charge in [0.15, 0.2) is 0 Å². The summed E-state index contributed by atoms with van der Waals surface area (Å²) in [4.78, 5) is 42.3. The predicted octanol–water partition coefficient (Wildman–Crippen LogP) is 3.91. The van der Waals surface area contributed by atoms with Crippen LogP contribution in [0, 0.1) is 11.3 Å². The first-order chi connectivity index (χ1) is 16.2. The number of carboxylic acids is 1. The third-order valence-electron chi connectivity index (χ3n) is 7.08. The summed E-state index contributed by atoms with van der Waals surface area (Å²) in [6.45, 7) is 12.0. The molecule has 2 amide bonds. The first-order valence-electron chi connectivity index (χ1n) is 12.5. The van der Waals surface area contributed by atoms with Gasteiger partial charge in [0.05, 0.1) is 12.1 Å². The van der Waals surface area contributed by atoms with E-state index in [0.717, 1.165) is 13.0 Å². The molecule has 1 saturated heterocycles. The van der Waals surface area contributed by atoms with Crippen LogP contribution in [0.15, 0.2) is 42.0 Å². The van der Waals surface area contributed by atoms with E-state index in [0.29, 0.717) is 12.3 Å². The summed E-state index contributed by atoms with van der Waals surface area (Å²) in [7, 11) is 3.64. The fraction of sp³-hybridized carbons (Fsp3) is 0.607. The van der Waals surface area contributed by atoms with Crippen LogP contribution in [0.2, 0.25) is 0 Å². The SMILES string of the molecule is C/C(=C\C(C(C)C)N(C)C(=O)C(NC(=O)C1C[C@H](c2ccccc2)CCN1C)C(C)(C)C)C(=O)O. The number of hydrogen-bond acceptors (Lipinski definition) is 4. The highest BCUT2D eigenvalue weighted by atomic mass is 16.4. The molecule has 7 heteroatoms. The van der Waals surface area contributed by atoms with Crippen LogP contribution in [0.4, 0.5) is 0 Å². The summed E-state index contributed by atoms with van der Waals surface area (Å²) in [6, 6.07) is 8.80. The van der Waals surface area contributed by atoms with Crippen molar-refractivity contribution < 1.29 is 19.5 Å². The molecule has 35 heavy (non-hydrogen) atoms. The van der Waals surface area contributed by atoms with Gasteiger partial charge in [-0.3, -0.25) is 14.5 Å². The fourth-order valence-corrected chi connectivity index (χ4v) is 4.73. The molecular formula is C28H43N3O4. The number of aliphatic carboxylic acids is 1. The van der Waals surface area contributed by atoms with Crippen molar-refractivity contribution in [3.8, 4) is 0 Å². The predicted molar refractivity (Wildman–Crippen MR) is 139 cm³/mol. The number of carboxylic acid groups (broad SMARTS) is 1. The van der Waals surface area contributed by atoms with Crippen molar-refractivity contribution >= 4 is 17.8 Å². The summed E-state index contributed by atoms with van der Waals surface area (Å²) in [5.74, 6) is -1.08. The van der Waals surface area contributed by atoms with Crippen LogP contribution in [0.3, 0.4) is 0 Å². The maximum Gasteiger partial charge on any atom is 0.331 e. The van der Waals surface area contributed by atoms with Gasteiger partial charge in [0, 0.05) is 12.6 Å². The van der Waals surface area contributed by atoms with E-state index >= 15 is 0 Å². The Kier molecular flexibility index (Phi) is 9.67. The second-order valence-electron chi connectivity index (χ2n) is 11.3. The number of nitrogens with one attached hydrogen (secondary N) is 1. The quantitative estimate of drug-likeness (QED) is 0.545. The van der Waals surface area contributed by atoms with Crippen LogP contribution in [0.25, 0.3) is 0 Å². The lowest BCUT2D eigenvalue weighted by Crippen LogP contribution is -2.60. The van der Waals surface area contributed by atoms with Gasteiger partial charge in [0.2, 0.25) is 11.8 Å². The van der Waals surface area contributed by atoms with Crippen LogP contribution in [0.5, 0.6) is 0 Å². The summed E-state index contributed by atoms with van der Waals surface area (Å²) in [5, 5.41) is 12.4. The summed E-state index contributed by atoms with van der Waals surface area (Å²) in [5.41, 5.74) is 0.901. The molecule has 1 aromatic carbocycles. The molecule has 2 rings (SSSR count). The van der Waals surface area contributed by atoms with E-state index in [9.17, 15) is 19.5 Å². The Bertz CT molecular complexity index is 920. The third kappa shape index (κ3) is 7.40. The van der Waals surface area contributed by atoms with Crippen LogP contribution in [0.1, 0.15) is 65.9 Å². The number of rotatable bonds is 8. The molecule has 0 aliphatic carbocycles. The molecule has 2 N–H and O–H groups in total. The largest absolute Gasteiger partial charge is 0.478 e. The van der Waals surface area contributed by atoms with E-state index in [2.05, 4.69) is 22.3 Å². The molecule has 0 radical (unpaired) electrons. The van der Waals surface area contributed by atoms with Gasteiger partial charge < -0.3 is 15.3 Å². The van der Waals surface area contributed by atoms with E-state index in [1.54, 1.807) is 18.0 Å². The molecule has 194 valence electrons. The minimum absolute atomic E-state index is 0.00526. The highest BCUT2D eigenvalue weighted by Crippen LogP contribution is 2.31. The molecule has 1 aromatic rings. The summed E-state index contributed by atoms with van der Waals surface area (Å²) >= 11 is 0. The van der Waals surface area contributed by atoms with Crippen molar-refractivity contribution in [2.75, 3.05) is 20.6 Å². The summed E-state index contributed by atoms with van der Waals surface area (Å²) in [6.07, 6.45) is 3.30. The van der Waals surface area contributed by atoms with Crippen LogP contribution >= 0.6 is 0 Å². The first-order valence-corrected chi connectivity index (χ1v) is 12.5. The van der Waals surface area contributed by atoms with E-state index in [1.165, 1.54) is 12.5 Å². The van der Waals surface area contributed by atoms with Gasteiger partial charge in [0.1, 0.15) is 6.04 Å². The average Bonchev–Trinajstić information content (AvgIpc) is 2.79. The van der Waals surface area contributed by atoms with Crippen molar-refractivity contribution in [3.05, 3.63) is 47.5 Å². The Morgan fingerprint density at radius 1 is 1.17 bits per heavy atom. The lowest BCUT2D eigenvalue weighted by Gasteiger charge is -2.40. The summed E-state index contributed by atoms with van der Waals surface area (Å²) < 4.78 is 0. The number of nitrogens with zero attached hydrogens (tertiary/aromatic N) is 2. The van der Waals surface area contributed by atoms with E-state index in [-0.39, 0.29) is 29.3 Å². The standard InChI is InChI=1S/C28H43N3O4/c1-18(2)22(16-19(3)27(34)35)31(8)26(33)24(28(4,5)6)29-25(32)23-17-21(14-15-30(23)7)20-12-10-9-11-13-20/h9-13,16,18,21-24H,14-15,17H2,1-8H3,(H,29,32)(H,34,35)/b19-16+/t21-,22?,23?,24?/m1/s1. The lowest BCUT2D eigenvalue weighted by atomic mass is 9.83. The maximum atomic E-state index is 13.7. The number of benzene rings is 1. The van der Waals surface area contributed by atoms with Gasteiger partial charge >= 0.3 is 5.97 Å². The van der Waals surface area contributed by atoms with Gasteiger partial charge in [0.25, 0.3) is 0 Å². The number of carbonyl (C=O) groups excluding carboxylic acids is 2. The molecule has 0 spiro atoms. The van der Waals surface area contributed by atoms with E-state index < -0.39 is 23.5 Å². The number of carbonyl (C=O) groups is 3. The molecule has 0 aromatic heterocycles. The molecule has 7 nitrogen and oxygen atoms in total. The Labute approximate surface area is 210 Å². The van der Waals surface area contributed by atoms with Gasteiger partial charge in [-0.05, 0) is 56.2 Å².